The zero-order chi connectivity index (χ0) is 14.0. The minimum atomic E-state index is -4.19. The topological polar surface area (TPSA) is 57.6 Å². The third-order valence-corrected chi connectivity index (χ3v) is 4.45. The minimum Gasteiger partial charge on any atom is -1.00 e. The van der Waals surface area contributed by atoms with Gasteiger partial charge in [0.1, 0.15) is 0 Å². The molecule has 19 heavy (non-hydrogen) atoms. The molecular weight excluding hydrogens is 344 g/mol. The summed E-state index contributed by atoms with van der Waals surface area (Å²) in [5, 5.41) is 0.573. The van der Waals surface area contributed by atoms with E-state index in [1.165, 1.54) is 6.92 Å². The molecule has 1 atom stereocenters. The Hall–Kier alpha value is 0.960. The monoisotopic (exact) mass is 355 g/mol. The Labute approximate surface area is 151 Å². The van der Waals surface area contributed by atoms with Crippen LogP contribution in [0.4, 0.5) is 0 Å². The third-order valence-electron chi connectivity index (χ3n) is 2.40. The molecule has 1 unspecified atom stereocenters. The zero-order valence-electron chi connectivity index (χ0n) is 11.5. The zero-order valence-corrected chi connectivity index (χ0v) is 15.6. The Morgan fingerprint density at radius 1 is 1.32 bits per heavy atom. The van der Waals surface area contributed by atoms with Crippen molar-refractivity contribution in [1.29, 1.82) is 0 Å². The van der Waals surface area contributed by atoms with Crippen LogP contribution in [-0.4, -0.2) is 28.2 Å². The number of benzene rings is 1. The first-order valence-electron chi connectivity index (χ1n) is 4.94. The van der Waals surface area contributed by atoms with Crippen LogP contribution in [0.1, 0.15) is 13.9 Å². The molecule has 1 aromatic rings. The van der Waals surface area contributed by atoms with Crippen LogP contribution in [-0.2, 0) is 16.5 Å². The first-order chi connectivity index (χ1) is 8.12. The van der Waals surface area contributed by atoms with Crippen LogP contribution in [0.3, 0.4) is 0 Å². The standard InChI is InChI=1S/C10H12Cl3NO3S.Na.H/c1-10(14(12)13,7-18(15,16)17)6-8-2-4-9(11)5-3-8;;/h2-5H,6-7H2,1H3,(H,15,16,17);;/q;+1;-1. The van der Waals surface area contributed by atoms with Gasteiger partial charge in [0, 0.05) is 5.02 Å². The van der Waals surface area contributed by atoms with Crippen LogP contribution in [0.25, 0.3) is 0 Å². The summed E-state index contributed by atoms with van der Waals surface area (Å²) in [4.78, 5) is 0. The summed E-state index contributed by atoms with van der Waals surface area (Å²) in [6.45, 7) is 1.54. The van der Waals surface area contributed by atoms with Gasteiger partial charge < -0.3 is 1.43 Å². The maximum absolute atomic E-state index is 11.0. The Balaban J connectivity index is 0. The van der Waals surface area contributed by atoms with E-state index in [0.717, 1.165) is 9.50 Å². The van der Waals surface area contributed by atoms with Gasteiger partial charge >= 0.3 is 29.6 Å². The molecule has 0 fully saturated rings. The fourth-order valence-corrected chi connectivity index (χ4v) is 3.12. The predicted octanol–water partition coefficient (Wildman–Crippen LogP) is 0.255. The van der Waals surface area contributed by atoms with Crippen LogP contribution < -0.4 is 29.6 Å². The molecule has 4 nitrogen and oxygen atoms in total. The van der Waals surface area contributed by atoms with Crippen LogP contribution in [0.5, 0.6) is 0 Å². The summed E-state index contributed by atoms with van der Waals surface area (Å²) in [7, 11) is -4.19. The number of hydrogen-bond donors (Lipinski definition) is 1. The molecular formula is C10H13Cl3NNaO3S. The Morgan fingerprint density at radius 3 is 2.16 bits per heavy atom. The van der Waals surface area contributed by atoms with E-state index in [0.29, 0.717) is 5.02 Å². The van der Waals surface area contributed by atoms with Gasteiger partial charge in [-0.15, -0.1) is 3.94 Å². The second kappa shape index (κ2) is 7.82. The average Bonchev–Trinajstić information content (AvgIpc) is 2.18. The van der Waals surface area contributed by atoms with Gasteiger partial charge in [0.25, 0.3) is 10.1 Å². The fourth-order valence-electron chi connectivity index (χ4n) is 1.59. The van der Waals surface area contributed by atoms with E-state index in [1.807, 2.05) is 0 Å². The van der Waals surface area contributed by atoms with E-state index in [1.54, 1.807) is 24.3 Å². The van der Waals surface area contributed by atoms with Crippen molar-refractivity contribution < 1.29 is 44.0 Å². The second-order valence-electron chi connectivity index (χ2n) is 4.26. The van der Waals surface area contributed by atoms with Crippen LogP contribution in [0.2, 0.25) is 5.02 Å². The Morgan fingerprint density at radius 2 is 1.79 bits per heavy atom. The van der Waals surface area contributed by atoms with E-state index in [4.69, 9.17) is 39.7 Å². The summed E-state index contributed by atoms with van der Waals surface area (Å²) in [6, 6.07) is 6.83. The van der Waals surface area contributed by atoms with Crippen molar-refractivity contribution in [2.75, 3.05) is 5.75 Å². The molecule has 0 amide bonds. The molecule has 0 aliphatic rings. The first-order valence-corrected chi connectivity index (χ1v) is 7.60. The molecule has 0 saturated carbocycles. The first kappa shape index (κ1) is 20.0. The SMILES string of the molecule is CC(Cc1ccc(Cl)cc1)(CS(=O)(=O)O)N(Cl)Cl.[H-].[Na+]. The molecule has 9 heteroatoms. The smallest absolute Gasteiger partial charge is 1.00 e. The molecule has 0 saturated heterocycles. The Kier molecular flexibility index (Phi) is 8.22. The molecule has 104 valence electrons. The van der Waals surface area contributed by atoms with E-state index in [9.17, 15) is 8.42 Å². The largest absolute Gasteiger partial charge is 1.00 e. The molecule has 0 bridgehead atoms. The van der Waals surface area contributed by atoms with Crippen LogP contribution >= 0.6 is 35.2 Å². The van der Waals surface area contributed by atoms with Crippen molar-refractivity contribution >= 4 is 45.3 Å². The van der Waals surface area contributed by atoms with Crippen molar-refractivity contribution in [2.24, 2.45) is 0 Å². The van der Waals surface area contributed by atoms with Gasteiger partial charge in [-0.25, -0.2) is 0 Å². The predicted molar refractivity (Wildman–Crippen MR) is 74.6 cm³/mol. The molecule has 1 rings (SSSR count). The van der Waals surface area contributed by atoms with Crippen molar-refractivity contribution in [3.8, 4) is 0 Å². The molecule has 0 aliphatic heterocycles. The summed E-state index contributed by atoms with van der Waals surface area (Å²) in [6.07, 6.45) is 0.247. The van der Waals surface area contributed by atoms with Crippen LogP contribution in [0.15, 0.2) is 24.3 Å². The fraction of sp³-hybridized carbons (Fsp3) is 0.400. The Bertz CT molecular complexity index is 515. The van der Waals surface area contributed by atoms with E-state index >= 15 is 0 Å². The van der Waals surface area contributed by atoms with Crippen molar-refractivity contribution in [3.63, 3.8) is 0 Å². The quantitative estimate of drug-likeness (QED) is 0.467. The number of hydrogen-bond acceptors (Lipinski definition) is 3. The maximum Gasteiger partial charge on any atom is 1.00 e. The molecule has 0 radical (unpaired) electrons. The normalized spacial score (nSPS) is 14.8. The van der Waals surface area contributed by atoms with E-state index in [-0.39, 0.29) is 37.4 Å². The van der Waals surface area contributed by atoms with Gasteiger partial charge in [-0.05, 0) is 54.6 Å². The molecule has 0 aromatic heterocycles. The summed E-state index contributed by atoms with van der Waals surface area (Å²) >= 11 is 17.1. The minimum absolute atomic E-state index is 0. The molecule has 0 aliphatic carbocycles. The van der Waals surface area contributed by atoms with Crippen molar-refractivity contribution in [2.45, 2.75) is 18.9 Å². The summed E-state index contributed by atoms with van der Waals surface area (Å²) in [5.41, 5.74) is -0.332. The number of halogens is 3. The summed E-state index contributed by atoms with van der Waals surface area (Å²) in [5.74, 6) is -0.574. The van der Waals surface area contributed by atoms with E-state index < -0.39 is 21.4 Å². The third kappa shape index (κ3) is 6.98. The second-order valence-corrected chi connectivity index (χ2v) is 7.00. The van der Waals surface area contributed by atoms with Crippen molar-refractivity contribution in [3.05, 3.63) is 34.9 Å². The summed E-state index contributed by atoms with van der Waals surface area (Å²) < 4.78 is 31.6. The average molecular weight is 357 g/mol. The van der Waals surface area contributed by atoms with Gasteiger partial charge in [-0.2, -0.15) is 8.42 Å². The van der Waals surface area contributed by atoms with Crippen LogP contribution in [0, 0.1) is 0 Å². The van der Waals surface area contributed by atoms with Crippen molar-refractivity contribution in [1.82, 2.24) is 3.94 Å². The number of nitrogens with zero attached hydrogens (tertiary/aromatic N) is 1. The van der Waals surface area contributed by atoms with Gasteiger partial charge in [0.15, 0.2) is 0 Å². The van der Waals surface area contributed by atoms with Gasteiger partial charge in [-0.1, -0.05) is 23.7 Å². The van der Waals surface area contributed by atoms with E-state index in [2.05, 4.69) is 0 Å². The van der Waals surface area contributed by atoms with Gasteiger partial charge in [0.2, 0.25) is 0 Å². The van der Waals surface area contributed by atoms with Gasteiger partial charge in [-0.3, -0.25) is 4.55 Å². The molecule has 1 aromatic carbocycles. The molecule has 0 spiro atoms. The van der Waals surface area contributed by atoms with Gasteiger partial charge in [0.05, 0.1) is 11.3 Å². The molecule has 1 N–H and O–H groups in total. The number of rotatable bonds is 5. The molecule has 0 heterocycles. The maximum atomic E-state index is 11.0.